The van der Waals surface area contributed by atoms with Gasteiger partial charge >= 0.3 is 0 Å². The molecule has 0 aliphatic heterocycles. The Morgan fingerprint density at radius 2 is 2.19 bits per heavy atom. The zero-order valence-electron chi connectivity index (χ0n) is 14.8. The molecule has 8 nitrogen and oxygen atoms in total. The molecule has 0 spiro atoms. The topological polar surface area (TPSA) is 90.8 Å². The monoisotopic (exact) mass is 354 g/mol. The number of amides is 1. The first-order valence-corrected chi connectivity index (χ1v) is 8.98. The van der Waals surface area contributed by atoms with E-state index in [0.717, 1.165) is 18.7 Å². The minimum Gasteiger partial charge on any atom is -0.461 e. The van der Waals surface area contributed by atoms with E-state index in [1.54, 1.807) is 27.9 Å². The van der Waals surface area contributed by atoms with Crippen LogP contribution in [0.5, 0.6) is 0 Å². The van der Waals surface area contributed by atoms with Crippen molar-refractivity contribution in [2.45, 2.75) is 44.6 Å². The second kappa shape index (κ2) is 7.15. The molecule has 0 bridgehead atoms. The minimum absolute atomic E-state index is 0.0657. The van der Waals surface area contributed by atoms with E-state index in [-0.39, 0.29) is 5.91 Å². The Bertz CT molecular complexity index is 874. The predicted molar refractivity (Wildman–Crippen MR) is 94.5 cm³/mol. The lowest BCUT2D eigenvalue weighted by atomic mass is 10.2. The van der Waals surface area contributed by atoms with E-state index in [2.05, 4.69) is 20.5 Å². The number of aromatic nitrogens is 5. The van der Waals surface area contributed by atoms with Gasteiger partial charge in [0.15, 0.2) is 11.6 Å². The van der Waals surface area contributed by atoms with E-state index >= 15 is 0 Å². The summed E-state index contributed by atoms with van der Waals surface area (Å²) in [7, 11) is 1.85. The van der Waals surface area contributed by atoms with Gasteiger partial charge in [-0.2, -0.15) is 9.78 Å². The quantitative estimate of drug-likeness (QED) is 0.733. The van der Waals surface area contributed by atoms with Crippen LogP contribution in [0.1, 0.15) is 37.9 Å². The molecule has 1 N–H and O–H groups in total. The zero-order valence-corrected chi connectivity index (χ0v) is 14.8. The van der Waals surface area contributed by atoms with Gasteiger partial charge in [0.1, 0.15) is 5.82 Å². The second-order valence-electron chi connectivity index (χ2n) is 6.60. The van der Waals surface area contributed by atoms with Crippen molar-refractivity contribution < 1.29 is 9.21 Å². The highest BCUT2D eigenvalue weighted by Crippen LogP contribution is 2.20. The van der Waals surface area contributed by atoms with Gasteiger partial charge in [-0.15, -0.1) is 5.10 Å². The summed E-state index contributed by atoms with van der Waals surface area (Å²) in [6, 6.07) is 5.81. The Labute approximate surface area is 151 Å². The zero-order chi connectivity index (χ0) is 17.9. The lowest BCUT2D eigenvalue weighted by Gasteiger charge is -2.11. The summed E-state index contributed by atoms with van der Waals surface area (Å²) in [6.45, 7) is 0. The molecule has 1 fully saturated rings. The molecule has 1 aliphatic carbocycles. The Kier molecular flexibility index (Phi) is 4.55. The number of nitrogens with one attached hydrogen (secondary N) is 1. The molecule has 1 amide bonds. The summed E-state index contributed by atoms with van der Waals surface area (Å²) in [5, 5.41) is 11.9. The van der Waals surface area contributed by atoms with E-state index in [9.17, 15) is 4.79 Å². The van der Waals surface area contributed by atoms with Crippen LogP contribution in [0, 0.1) is 0 Å². The summed E-state index contributed by atoms with van der Waals surface area (Å²) >= 11 is 0. The Morgan fingerprint density at radius 3 is 2.88 bits per heavy atom. The summed E-state index contributed by atoms with van der Waals surface area (Å²) in [5.74, 6) is 2.67. The molecule has 0 atom stereocenters. The average Bonchev–Trinajstić information content (AvgIpc) is 3.40. The van der Waals surface area contributed by atoms with Gasteiger partial charge in [0, 0.05) is 32.0 Å². The first-order chi connectivity index (χ1) is 12.7. The second-order valence-corrected chi connectivity index (χ2v) is 6.60. The van der Waals surface area contributed by atoms with Gasteiger partial charge in [-0.05, 0) is 25.0 Å². The molecule has 0 aromatic carbocycles. The molecule has 4 rings (SSSR count). The van der Waals surface area contributed by atoms with Gasteiger partial charge < -0.3 is 9.73 Å². The molecule has 3 heterocycles. The molecule has 1 aliphatic rings. The normalized spacial score (nSPS) is 14.8. The molecule has 0 unspecified atom stereocenters. The fraction of sp³-hybridized carbons (Fsp3) is 0.444. The highest BCUT2D eigenvalue weighted by molar-refractivity contribution is 5.76. The Balaban J connectivity index is 1.53. The molecule has 3 aromatic heterocycles. The van der Waals surface area contributed by atoms with Crippen LogP contribution in [0.25, 0.3) is 17.4 Å². The van der Waals surface area contributed by atoms with Gasteiger partial charge in [-0.1, -0.05) is 12.8 Å². The molecule has 0 radical (unpaired) electrons. The predicted octanol–water partition coefficient (Wildman–Crippen LogP) is 2.25. The highest BCUT2D eigenvalue weighted by Gasteiger charge is 2.20. The third-order valence-electron chi connectivity index (χ3n) is 4.72. The lowest BCUT2D eigenvalue weighted by molar-refractivity contribution is -0.121. The van der Waals surface area contributed by atoms with Crippen LogP contribution in [-0.4, -0.2) is 36.5 Å². The smallest absolute Gasteiger partial charge is 0.220 e. The van der Waals surface area contributed by atoms with E-state index in [1.807, 2.05) is 19.2 Å². The van der Waals surface area contributed by atoms with Crippen LogP contribution in [0.2, 0.25) is 0 Å². The van der Waals surface area contributed by atoms with Crippen LogP contribution >= 0.6 is 0 Å². The molecule has 26 heavy (non-hydrogen) atoms. The summed E-state index contributed by atoms with van der Waals surface area (Å²) in [5.41, 5.74) is 0. The molecule has 8 heteroatoms. The maximum Gasteiger partial charge on any atom is 0.220 e. The van der Waals surface area contributed by atoms with Crippen LogP contribution in [0.4, 0.5) is 0 Å². The van der Waals surface area contributed by atoms with Gasteiger partial charge in [-0.3, -0.25) is 9.48 Å². The summed E-state index contributed by atoms with van der Waals surface area (Å²) < 4.78 is 8.86. The van der Waals surface area contributed by atoms with Gasteiger partial charge in [-0.25, -0.2) is 4.98 Å². The maximum absolute atomic E-state index is 12.3. The minimum atomic E-state index is 0.0657. The third-order valence-corrected chi connectivity index (χ3v) is 4.72. The van der Waals surface area contributed by atoms with Crippen molar-refractivity contribution >= 4 is 5.91 Å². The lowest BCUT2D eigenvalue weighted by Crippen LogP contribution is -2.32. The number of furan rings is 1. The number of aryl methyl sites for hydroxylation is 2. The van der Waals surface area contributed by atoms with Crippen molar-refractivity contribution in [1.29, 1.82) is 0 Å². The van der Waals surface area contributed by atoms with Crippen LogP contribution in [-0.2, 0) is 18.3 Å². The van der Waals surface area contributed by atoms with Crippen LogP contribution in [0.3, 0.4) is 0 Å². The Morgan fingerprint density at radius 1 is 1.35 bits per heavy atom. The maximum atomic E-state index is 12.3. The largest absolute Gasteiger partial charge is 0.461 e. The number of nitrogens with zero attached hydrogens (tertiary/aromatic N) is 5. The van der Waals surface area contributed by atoms with Crippen molar-refractivity contribution in [1.82, 2.24) is 29.9 Å². The fourth-order valence-electron chi connectivity index (χ4n) is 3.37. The molecular formula is C18H22N6O2. The summed E-state index contributed by atoms with van der Waals surface area (Å²) in [6.07, 6.45) is 8.74. The van der Waals surface area contributed by atoms with E-state index < -0.39 is 0 Å². The van der Waals surface area contributed by atoms with Crippen molar-refractivity contribution in [2.75, 3.05) is 0 Å². The molecule has 0 saturated heterocycles. The molecular weight excluding hydrogens is 332 g/mol. The van der Waals surface area contributed by atoms with Crippen LogP contribution < -0.4 is 5.32 Å². The SMILES string of the molecule is Cn1nccc1-n1nc(-c2ccco2)nc1CCC(=O)NC1CCCC1. The molecule has 1 saturated carbocycles. The van der Waals surface area contributed by atoms with Crippen LogP contribution in [0.15, 0.2) is 35.1 Å². The van der Waals surface area contributed by atoms with Gasteiger partial charge in [0.2, 0.25) is 11.7 Å². The van der Waals surface area contributed by atoms with Crippen molar-refractivity contribution in [3.05, 3.63) is 36.5 Å². The highest BCUT2D eigenvalue weighted by atomic mass is 16.3. The number of hydrogen-bond acceptors (Lipinski definition) is 5. The van der Waals surface area contributed by atoms with Gasteiger partial charge in [0.05, 0.1) is 12.5 Å². The molecule has 3 aromatic rings. The number of carbonyl (C=O) groups excluding carboxylic acids is 1. The van der Waals surface area contributed by atoms with Crippen molar-refractivity contribution in [3.63, 3.8) is 0 Å². The van der Waals surface area contributed by atoms with E-state index in [4.69, 9.17) is 4.42 Å². The standard InChI is InChI=1S/C18H22N6O2/c1-23-17(10-11-19-23)24-15(21-18(22-24)14-7-4-12-26-14)8-9-16(25)20-13-5-2-3-6-13/h4,7,10-13H,2-3,5-6,8-9H2,1H3,(H,20,25). The van der Waals surface area contributed by atoms with E-state index in [1.165, 1.54) is 12.8 Å². The third kappa shape index (κ3) is 3.40. The van der Waals surface area contributed by atoms with E-state index in [0.29, 0.717) is 36.3 Å². The number of carbonyl (C=O) groups is 1. The first-order valence-electron chi connectivity index (χ1n) is 8.98. The number of rotatable bonds is 6. The molecule has 136 valence electrons. The van der Waals surface area contributed by atoms with Gasteiger partial charge in [0.25, 0.3) is 0 Å². The number of hydrogen-bond donors (Lipinski definition) is 1. The van der Waals surface area contributed by atoms with Crippen molar-refractivity contribution in [3.8, 4) is 17.4 Å². The fourth-order valence-corrected chi connectivity index (χ4v) is 3.37. The Hall–Kier alpha value is -2.90. The van der Waals surface area contributed by atoms with Crippen molar-refractivity contribution in [2.24, 2.45) is 7.05 Å². The summed E-state index contributed by atoms with van der Waals surface area (Å²) in [4.78, 5) is 16.9. The average molecular weight is 354 g/mol. The first kappa shape index (κ1) is 16.6.